The van der Waals surface area contributed by atoms with Crippen molar-refractivity contribution in [2.24, 2.45) is 0 Å². The second-order valence-electron chi connectivity index (χ2n) is 9.34. The lowest BCUT2D eigenvalue weighted by Gasteiger charge is -2.36. The van der Waals surface area contributed by atoms with E-state index in [9.17, 15) is 40.4 Å². The van der Waals surface area contributed by atoms with Gasteiger partial charge in [0.05, 0.1) is 23.7 Å². The van der Waals surface area contributed by atoms with Crippen LogP contribution in [0, 0.1) is 5.82 Å². The number of anilines is 2. The SMILES string of the molecule is CN(C)C(=O)C(=O)NC[C@H]1CN(S(=O)(=O)c2ccc(F)cc2)c2cc(NC(=O)OC(C)(C)C(F)(F)F)ccc2O1. The van der Waals surface area contributed by atoms with Crippen molar-refractivity contribution in [2.75, 3.05) is 36.8 Å². The number of alkyl halides is 3. The first-order chi connectivity index (χ1) is 18.4. The standard InChI is InChI=1S/C24H26F4N4O7S/c1-23(2,24(26,27)28)39-22(35)30-15-7-10-19-18(11-15)32(40(36,37)17-8-5-14(25)6-9-17)13-16(38-19)12-29-20(33)21(34)31(3)4/h5-11,16H,12-13H2,1-4H3,(H,29,33)(H,30,35)/t16-/m0/s1. The number of ether oxygens (including phenoxy) is 2. The molecule has 0 radical (unpaired) electrons. The third-order valence-corrected chi connectivity index (χ3v) is 7.45. The Labute approximate surface area is 227 Å². The zero-order valence-electron chi connectivity index (χ0n) is 21.7. The van der Waals surface area contributed by atoms with Crippen LogP contribution in [0.5, 0.6) is 5.75 Å². The number of benzene rings is 2. The van der Waals surface area contributed by atoms with Crippen molar-refractivity contribution in [1.29, 1.82) is 0 Å². The minimum atomic E-state index is -4.85. The summed E-state index contributed by atoms with van der Waals surface area (Å²) in [5.74, 6) is -2.50. The molecule has 218 valence electrons. The van der Waals surface area contributed by atoms with Crippen molar-refractivity contribution in [3.63, 3.8) is 0 Å². The molecule has 0 saturated carbocycles. The summed E-state index contributed by atoms with van der Waals surface area (Å²) in [6.07, 6.45) is -7.29. The van der Waals surface area contributed by atoms with Crippen LogP contribution in [0.1, 0.15) is 13.8 Å². The summed E-state index contributed by atoms with van der Waals surface area (Å²) in [7, 11) is -1.64. The third kappa shape index (κ3) is 6.73. The molecule has 40 heavy (non-hydrogen) atoms. The van der Waals surface area contributed by atoms with Crippen LogP contribution >= 0.6 is 0 Å². The van der Waals surface area contributed by atoms with Gasteiger partial charge in [-0.2, -0.15) is 13.2 Å². The van der Waals surface area contributed by atoms with Gasteiger partial charge in [0.2, 0.25) is 5.60 Å². The Hall–Kier alpha value is -4.08. The fourth-order valence-electron chi connectivity index (χ4n) is 3.38. The third-order valence-electron chi connectivity index (χ3n) is 5.66. The van der Waals surface area contributed by atoms with E-state index >= 15 is 0 Å². The van der Waals surface area contributed by atoms with E-state index in [0.29, 0.717) is 13.8 Å². The van der Waals surface area contributed by atoms with Crippen molar-refractivity contribution in [3.8, 4) is 5.75 Å². The van der Waals surface area contributed by atoms with E-state index < -0.39 is 58.2 Å². The summed E-state index contributed by atoms with van der Waals surface area (Å²) in [5.41, 5.74) is -3.03. The molecule has 1 aliphatic rings. The van der Waals surface area contributed by atoms with Gasteiger partial charge in [-0.15, -0.1) is 0 Å². The van der Waals surface area contributed by atoms with Crippen LogP contribution < -0.4 is 19.7 Å². The fraction of sp³-hybridized carbons (Fsp3) is 0.375. The van der Waals surface area contributed by atoms with Gasteiger partial charge >= 0.3 is 24.1 Å². The number of carbonyl (C=O) groups excluding carboxylic acids is 3. The monoisotopic (exact) mass is 590 g/mol. The van der Waals surface area contributed by atoms with Crippen LogP contribution in [0.2, 0.25) is 0 Å². The molecule has 1 atom stereocenters. The Kier molecular flexibility index (Phi) is 8.52. The number of carbonyl (C=O) groups is 3. The number of hydrogen-bond donors (Lipinski definition) is 2. The molecule has 16 heteroatoms. The van der Waals surface area contributed by atoms with Crippen LogP contribution in [0.3, 0.4) is 0 Å². The number of amides is 3. The first kappa shape index (κ1) is 30.5. The van der Waals surface area contributed by atoms with E-state index in [2.05, 4.69) is 15.4 Å². The number of fused-ring (bicyclic) bond motifs is 1. The first-order valence-corrected chi connectivity index (χ1v) is 13.0. The Morgan fingerprint density at radius 2 is 1.73 bits per heavy atom. The zero-order valence-corrected chi connectivity index (χ0v) is 22.5. The number of likely N-dealkylation sites (N-methyl/N-ethyl adjacent to an activating group) is 1. The Morgan fingerprint density at radius 1 is 1.10 bits per heavy atom. The van der Waals surface area contributed by atoms with Crippen LogP contribution in [0.15, 0.2) is 47.4 Å². The predicted octanol–water partition coefficient (Wildman–Crippen LogP) is 2.88. The summed E-state index contributed by atoms with van der Waals surface area (Å²) in [5, 5.41) is 4.49. The summed E-state index contributed by atoms with van der Waals surface area (Å²) in [4.78, 5) is 36.8. The number of nitrogens with one attached hydrogen (secondary N) is 2. The van der Waals surface area contributed by atoms with E-state index in [-0.39, 0.29) is 28.6 Å². The van der Waals surface area contributed by atoms with Gasteiger partial charge < -0.3 is 19.7 Å². The molecule has 0 aromatic heterocycles. The van der Waals surface area contributed by atoms with Crippen LogP contribution in [0.25, 0.3) is 0 Å². The predicted molar refractivity (Wildman–Crippen MR) is 134 cm³/mol. The maximum Gasteiger partial charge on any atom is 0.427 e. The molecule has 1 aliphatic heterocycles. The number of halogens is 4. The number of nitrogens with zero attached hydrogens (tertiary/aromatic N) is 2. The van der Waals surface area contributed by atoms with Crippen molar-refractivity contribution in [3.05, 3.63) is 48.3 Å². The van der Waals surface area contributed by atoms with Gasteiger partial charge in [-0.05, 0) is 56.3 Å². The zero-order chi connectivity index (χ0) is 30.0. The van der Waals surface area contributed by atoms with Crippen molar-refractivity contribution in [1.82, 2.24) is 10.2 Å². The maximum atomic E-state index is 13.5. The van der Waals surface area contributed by atoms with E-state index in [1.54, 1.807) is 0 Å². The van der Waals surface area contributed by atoms with Crippen molar-refractivity contribution < 1.29 is 49.8 Å². The molecule has 0 bridgehead atoms. The molecule has 2 aromatic carbocycles. The smallest absolute Gasteiger partial charge is 0.427 e. The molecule has 0 aliphatic carbocycles. The second kappa shape index (κ2) is 11.2. The van der Waals surface area contributed by atoms with Crippen LogP contribution in [0.4, 0.5) is 33.7 Å². The van der Waals surface area contributed by atoms with Gasteiger partial charge in [0.1, 0.15) is 17.7 Å². The highest BCUT2D eigenvalue weighted by Crippen LogP contribution is 2.39. The summed E-state index contributed by atoms with van der Waals surface area (Å²) >= 11 is 0. The van der Waals surface area contributed by atoms with Crippen LogP contribution in [-0.2, 0) is 24.3 Å². The lowest BCUT2D eigenvalue weighted by molar-refractivity contribution is -0.242. The normalized spacial score (nSPS) is 15.4. The molecule has 0 fully saturated rings. The molecule has 0 spiro atoms. The summed E-state index contributed by atoms with van der Waals surface area (Å²) < 4.78 is 91.0. The highest BCUT2D eigenvalue weighted by Gasteiger charge is 2.51. The average molecular weight is 591 g/mol. The first-order valence-electron chi connectivity index (χ1n) is 11.6. The Morgan fingerprint density at radius 3 is 2.30 bits per heavy atom. The molecule has 3 amide bonds. The van der Waals surface area contributed by atoms with Crippen molar-refractivity contribution >= 4 is 39.3 Å². The minimum absolute atomic E-state index is 0.0235. The lowest BCUT2D eigenvalue weighted by atomic mass is 10.1. The summed E-state index contributed by atoms with van der Waals surface area (Å²) in [6.45, 7) is 0.662. The molecule has 2 aromatic rings. The number of hydrogen-bond acceptors (Lipinski definition) is 7. The molecule has 0 saturated heterocycles. The Bertz CT molecular complexity index is 1400. The average Bonchev–Trinajstić information content (AvgIpc) is 2.85. The molecular weight excluding hydrogens is 564 g/mol. The quantitative estimate of drug-likeness (QED) is 0.390. The van der Waals surface area contributed by atoms with Gasteiger partial charge in [0.25, 0.3) is 10.0 Å². The minimum Gasteiger partial charge on any atom is -0.484 e. The number of rotatable bonds is 6. The molecule has 3 rings (SSSR count). The fourth-order valence-corrected chi connectivity index (χ4v) is 4.87. The van der Waals surface area contributed by atoms with Gasteiger partial charge in [-0.1, -0.05) is 0 Å². The van der Waals surface area contributed by atoms with Gasteiger partial charge in [0.15, 0.2) is 0 Å². The molecule has 1 heterocycles. The summed E-state index contributed by atoms with van der Waals surface area (Å²) in [6, 6.07) is 7.58. The second-order valence-corrected chi connectivity index (χ2v) is 11.2. The molecular formula is C24H26F4N4O7S. The largest absolute Gasteiger partial charge is 0.484 e. The number of sulfonamides is 1. The molecule has 0 unspecified atom stereocenters. The van der Waals surface area contributed by atoms with E-state index in [1.165, 1.54) is 26.2 Å². The van der Waals surface area contributed by atoms with Gasteiger partial charge in [-0.25, -0.2) is 17.6 Å². The van der Waals surface area contributed by atoms with E-state index in [1.807, 2.05) is 0 Å². The highest BCUT2D eigenvalue weighted by molar-refractivity contribution is 7.92. The molecule has 11 nitrogen and oxygen atoms in total. The maximum absolute atomic E-state index is 13.5. The topological polar surface area (TPSA) is 134 Å². The molecule has 2 N–H and O–H groups in total. The highest BCUT2D eigenvalue weighted by atomic mass is 32.2. The van der Waals surface area contributed by atoms with Crippen LogP contribution in [-0.4, -0.2) is 76.3 Å². The Balaban J connectivity index is 1.93. The van der Waals surface area contributed by atoms with Crippen molar-refractivity contribution in [2.45, 2.75) is 36.6 Å². The van der Waals surface area contributed by atoms with E-state index in [0.717, 1.165) is 39.5 Å². The lowest BCUT2D eigenvalue weighted by Crippen LogP contribution is -2.50. The van der Waals surface area contributed by atoms with E-state index in [4.69, 9.17) is 4.74 Å². The van der Waals surface area contributed by atoms with Gasteiger partial charge in [-0.3, -0.25) is 19.2 Å². The van der Waals surface area contributed by atoms with Gasteiger partial charge in [0, 0.05) is 19.8 Å².